The first-order valence-electron chi connectivity index (χ1n) is 11.0. The van der Waals surface area contributed by atoms with Crippen LogP contribution in [0.5, 0.6) is 0 Å². The van der Waals surface area contributed by atoms with E-state index in [2.05, 4.69) is 25.5 Å². The summed E-state index contributed by atoms with van der Waals surface area (Å²) in [5.41, 5.74) is 8.60. The van der Waals surface area contributed by atoms with Crippen LogP contribution in [0.4, 0.5) is 5.82 Å². The zero-order chi connectivity index (χ0) is 22.8. The van der Waals surface area contributed by atoms with Gasteiger partial charge < -0.3 is 15.8 Å². The topological polar surface area (TPSA) is 136 Å². The maximum atomic E-state index is 12.4. The number of rotatable bonds is 6. The summed E-state index contributed by atoms with van der Waals surface area (Å²) in [6.45, 7) is 0.0814. The SMILES string of the molecule is Nc1nc(COC(=O)CCNC(=O)c2n[nH]c3ccccc23)nc2sc3c(c12)CCCCC3. The second-order valence-electron chi connectivity index (χ2n) is 8.05. The van der Waals surface area contributed by atoms with E-state index in [0.29, 0.717) is 17.3 Å². The highest BCUT2D eigenvalue weighted by Crippen LogP contribution is 2.37. The Labute approximate surface area is 193 Å². The fourth-order valence-corrected chi connectivity index (χ4v) is 5.48. The zero-order valence-corrected chi connectivity index (χ0v) is 18.8. The van der Waals surface area contributed by atoms with Crippen LogP contribution in [0.1, 0.15) is 52.4 Å². The van der Waals surface area contributed by atoms with E-state index >= 15 is 0 Å². The Morgan fingerprint density at radius 3 is 2.91 bits per heavy atom. The average Bonchev–Trinajstić information content (AvgIpc) is 3.32. The predicted octanol–water partition coefficient (Wildman–Crippen LogP) is 3.28. The van der Waals surface area contributed by atoms with Crippen molar-refractivity contribution in [2.45, 2.75) is 45.1 Å². The molecule has 33 heavy (non-hydrogen) atoms. The molecule has 1 aliphatic rings. The molecule has 170 valence electrons. The molecule has 4 N–H and O–H groups in total. The van der Waals surface area contributed by atoms with E-state index in [1.165, 1.54) is 23.3 Å². The molecule has 10 heteroatoms. The summed E-state index contributed by atoms with van der Waals surface area (Å²) in [6, 6.07) is 7.36. The lowest BCUT2D eigenvalue weighted by molar-refractivity contribution is -0.145. The monoisotopic (exact) mass is 464 g/mol. The molecule has 4 aromatic rings. The number of fused-ring (bicyclic) bond motifs is 4. The van der Waals surface area contributed by atoms with Gasteiger partial charge in [0.1, 0.15) is 10.6 Å². The average molecular weight is 465 g/mol. The van der Waals surface area contributed by atoms with Gasteiger partial charge in [-0.25, -0.2) is 9.97 Å². The molecule has 0 bridgehead atoms. The van der Waals surface area contributed by atoms with Gasteiger partial charge in [-0.15, -0.1) is 11.3 Å². The number of nitrogens with two attached hydrogens (primary N) is 1. The fourth-order valence-electron chi connectivity index (χ4n) is 4.19. The Bertz CT molecular complexity index is 1340. The number of nitrogens with zero attached hydrogens (tertiary/aromatic N) is 3. The molecule has 0 unspecified atom stereocenters. The quantitative estimate of drug-likeness (QED) is 0.294. The summed E-state index contributed by atoms with van der Waals surface area (Å²) in [6.07, 6.45) is 5.67. The van der Waals surface area contributed by atoms with Gasteiger partial charge in [0.05, 0.1) is 17.3 Å². The van der Waals surface area contributed by atoms with E-state index in [1.54, 1.807) is 11.3 Å². The summed E-state index contributed by atoms with van der Waals surface area (Å²) in [5.74, 6) is 0.0337. The molecule has 0 aliphatic heterocycles. The number of aromatic amines is 1. The number of carbonyl (C=O) groups excluding carboxylic acids is 2. The van der Waals surface area contributed by atoms with Crippen molar-refractivity contribution in [2.75, 3.05) is 12.3 Å². The van der Waals surface area contributed by atoms with Gasteiger partial charge in [0.15, 0.2) is 18.1 Å². The van der Waals surface area contributed by atoms with Gasteiger partial charge in [0.25, 0.3) is 5.91 Å². The molecule has 0 saturated carbocycles. The number of anilines is 1. The van der Waals surface area contributed by atoms with Crippen LogP contribution >= 0.6 is 11.3 Å². The van der Waals surface area contributed by atoms with E-state index in [0.717, 1.165) is 40.4 Å². The minimum Gasteiger partial charge on any atom is -0.457 e. The first-order chi connectivity index (χ1) is 16.1. The Morgan fingerprint density at radius 1 is 1.15 bits per heavy atom. The Kier molecular flexibility index (Phi) is 5.91. The van der Waals surface area contributed by atoms with Crippen molar-refractivity contribution < 1.29 is 14.3 Å². The van der Waals surface area contributed by atoms with E-state index in [9.17, 15) is 9.59 Å². The summed E-state index contributed by atoms with van der Waals surface area (Å²) in [7, 11) is 0. The van der Waals surface area contributed by atoms with E-state index in [4.69, 9.17) is 10.5 Å². The van der Waals surface area contributed by atoms with Crippen molar-refractivity contribution in [3.05, 3.63) is 46.2 Å². The number of benzene rings is 1. The number of H-pyrrole nitrogens is 1. The molecule has 9 nitrogen and oxygen atoms in total. The Hall–Kier alpha value is -3.53. The number of hydrogen-bond acceptors (Lipinski definition) is 8. The van der Waals surface area contributed by atoms with Gasteiger partial charge in [-0.3, -0.25) is 14.7 Å². The van der Waals surface area contributed by atoms with E-state index < -0.39 is 5.97 Å². The van der Waals surface area contributed by atoms with Gasteiger partial charge in [0, 0.05) is 16.8 Å². The van der Waals surface area contributed by atoms with Crippen LogP contribution in [0.25, 0.3) is 21.1 Å². The number of hydrogen-bond donors (Lipinski definition) is 3. The third-order valence-electron chi connectivity index (χ3n) is 5.80. The van der Waals surface area contributed by atoms with Gasteiger partial charge in [-0.1, -0.05) is 24.6 Å². The molecule has 0 saturated heterocycles. The third kappa shape index (κ3) is 4.38. The number of para-hydroxylation sites is 1. The maximum Gasteiger partial charge on any atom is 0.308 e. The number of thiophene rings is 1. The second-order valence-corrected chi connectivity index (χ2v) is 9.14. The van der Waals surface area contributed by atoms with Crippen LogP contribution in [-0.2, 0) is 29.0 Å². The zero-order valence-electron chi connectivity index (χ0n) is 18.0. The summed E-state index contributed by atoms with van der Waals surface area (Å²) in [5, 5.41) is 11.3. The minimum atomic E-state index is -0.452. The maximum absolute atomic E-state index is 12.4. The molecular formula is C23H24N6O3S. The van der Waals surface area contributed by atoms with Crippen molar-refractivity contribution >= 4 is 50.2 Å². The van der Waals surface area contributed by atoms with Crippen LogP contribution in [0.2, 0.25) is 0 Å². The van der Waals surface area contributed by atoms with Gasteiger partial charge in [0.2, 0.25) is 0 Å². The molecule has 3 heterocycles. The van der Waals surface area contributed by atoms with Gasteiger partial charge in [-0.2, -0.15) is 5.10 Å². The molecule has 0 radical (unpaired) electrons. The van der Waals surface area contributed by atoms with E-state index in [1.807, 2.05) is 24.3 Å². The second kappa shape index (κ2) is 9.14. The molecular weight excluding hydrogens is 440 g/mol. The molecule has 0 spiro atoms. The van der Waals surface area contributed by atoms with Crippen LogP contribution < -0.4 is 11.1 Å². The summed E-state index contributed by atoms with van der Waals surface area (Å²) >= 11 is 1.66. The standard InChI is InChI=1S/C23H24N6O3S/c24-21-19-14-7-2-1-3-9-16(14)33-23(19)27-17(26-21)12-32-18(30)10-11-25-22(31)20-13-6-4-5-8-15(13)28-29-20/h4-6,8H,1-3,7,9-12H2,(H,25,31)(H,28,29)(H2,24,26,27). The lowest BCUT2D eigenvalue weighted by Gasteiger charge is -2.07. The normalized spacial score (nSPS) is 13.6. The predicted molar refractivity (Wildman–Crippen MR) is 126 cm³/mol. The number of ether oxygens (including phenoxy) is 1. The molecule has 1 amide bonds. The number of esters is 1. The third-order valence-corrected chi connectivity index (χ3v) is 6.99. The molecule has 1 aromatic carbocycles. The number of aromatic nitrogens is 4. The molecule has 3 aromatic heterocycles. The van der Waals surface area contributed by atoms with Gasteiger partial charge in [-0.05, 0) is 37.3 Å². The Balaban J connectivity index is 1.16. The summed E-state index contributed by atoms with van der Waals surface area (Å²) in [4.78, 5) is 35.7. The Morgan fingerprint density at radius 2 is 2.00 bits per heavy atom. The number of aryl methyl sites for hydroxylation is 2. The highest BCUT2D eigenvalue weighted by Gasteiger charge is 2.20. The van der Waals surface area contributed by atoms with Crippen molar-refractivity contribution in [2.24, 2.45) is 0 Å². The van der Waals surface area contributed by atoms with Crippen molar-refractivity contribution in [1.82, 2.24) is 25.5 Å². The lowest BCUT2D eigenvalue weighted by Crippen LogP contribution is -2.27. The smallest absolute Gasteiger partial charge is 0.308 e. The number of carbonyl (C=O) groups is 2. The van der Waals surface area contributed by atoms with Crippen molar-refractivity contribution in [1.29, 1.82) is 0 Å². The van der Waals surface area contributed by atoms with Crippen LogP contribution in [-0.4, -0.2) is 38.6 Å². The van der Waals surface area contributed by atoms with Crippen molar-refractivity contribution in [3.8, 4) is 0 Å². The lowest BCUT2D eigenvalue weighted by atomic mass is 10.1. The number of nitrogen functional groups attached to an aromatic ring is 1. The highest BCUT2D eigenvalue weighted by atomic mass is 32.1. The molecule has 0 fully saturated rings. The molecule has 1 aliphatic carbocycles. The van der Waals surface area contributed by atoms with Crippen LogP contribution in [0.3, 0.4) is 0 Å². The largest absolute Gasteiger partial charge is 0.457 e. The molecule has 0 atom stereocenters. The number of amides is 1. The number of nitrogens with one attached hydrogen (secondary N) is 2. The highest BCUT2D eigenvalue weighted by molar-refractivity contribution is 7.19. The van der Waals surface area contributed by atoms with Crippen molar-refractivity contribution in [3.63, 3.8) is 0 Å². The van der Waals surface area contributed by atoms with Crippen LogP contribution in [0, 0.1) is 0 Å². The van der Waals surface area contributed by atoms with Gasteiger partial charge >= 0.3 is 5.97 Å². The first-order valence-corrected chi connectivity index (χ1v) is 11.9. The van der Waals surface area contributed by atoms with E-state index in [-0.39, 0.29) is 25.5 Å². The fraction of sp³-hybridized carbons (Fsp3) is 0.348. The van der Waals surface area contributed by atoms with Crippen LogP contribution in [0.15, 0.2) is 24.3 Å². The summed E-state index contributed by atoms with van der Waals surface area (Å²) < 4.78 is 5.31. The minimum absolute atomic E-state index is 0.0269. The molecule has 5 rings (SSSR count). The first kappa shape index (κ1) is 21.3.